The molecule has 174 valence electrons. The van der Waals surface area contributed by atoms with E-state index in [1.54, 1.807) is 18.4 Å². The standard InChI is InChI=1S/C26H32N4O2S/c1-18-15-19(2)24-23(16-18)33-26(27-24)30-10-4-5-20(17-30)25(31)29-13-11-28(12-14-29)21-6-8-22(32-3)9-7-21/h6-9,15-16,20H,4-5,10-14,17H2,1-3H3/t20-/m1/s1. The van der Waals surface area contributed by atoms with Crippen molar-refractivity contribution in [3.63, 3.8) is 0 Å². The molecule has 2 fully saturated rings. The number of amides is 1. The lowest BCUT2D eigenvalue weighted by molar-refractivity contribution is -0.136. The van der Waals surface area contributed by atoms with Gasteiger partial charge in [0.15, 0.2) is 5.13 Å². The highest BCUT2D eigenvalue weighted by Gasteiger charge is 2.32. The molecular formula is C26H32N4O2S. The number of fused-ring (bicyclic) bond motifs is 1. The molecule has 5 rings (SSSR count). The van der Waals surface area contributed by atoms with Crippen LogP contribution in [0.15, 0.2) is 36.4 Å². The van der Waals surface area contributed by atoms with E-state index in [9.17, 15) is 4.79 Å². The summed E-state index contributed by atoms with van der Waals surface area (Å²) in [6, 6.07) is 12.6. The Balaban J connectivity index is 1.22. The lowest BCUT2D eigenvalue weighted by Gasteiger charge is -2.39. The van der Waals surface area contributed by atoms with Gasteiger partial charge in [-0.2, -0.15) is 0 Å². The first-order chi connectivity index (χ1) is 16.0. The maximum absolute atomic E-state index is 13.4. The summed E-state index contributed by atoms with van der Waals surface area (Å²) in [7, 11) is 1.69. The molecule has 0 aliphatic carbocycles. The van der Waals surface area contributed by atoms with Gasteiger partial charge in [0.05, 0.1) is 23.2 Å². The number of methoxy groups -OCH3 is 1. The predicted octanol–water partition coefficient (Wildman–Crippen LogP) is 4.49. The summed E-state index contributed by atoms with van der Waals surface area (Å²) in [4.78, 5) is 25.1. The van der Waals surface area contributed by atoms with Crippen LogP contribution in [0.2, 0.25) is 0 Å². The molecule has 2 aliphatic heterocycles. The number of anilines is 2. The highest BCUT2D eigenvalue weighted by molar-refractivity contribution is 7.22. The fraction of sp³-hybridized carbons (Fsp3) is 0.462. The minimum Gasteiger partial charge on any atom is -0.497 e. The number of ether oxygens (including phenoxy) is 1. The molecular weight excluding hydrogens is 432 g/mol. The molecule has 0 spiro atoms. The van der Waals surface area contributed by atoms with Crippen LogP contribution in [0.1, 0.15) is 24.0 Å². The van der Waals surface area contributed by atoms with Gasteiger partial charge in [0.25, 0.3) is 0 Å². The monoisotopic (exact) mass is 464 g/mol. The van der Waals surface area contributed by atoms with Gasteiger partial charge in [0.2, 0.25) is 5.91 Å². The first-order valence-electron chi connectivity index (χ1n) is 11.8. The van der Waals surface area contributed by atoms with Crippen molar-refractivity contribution in [1.29, 1.82) is 0 Å². The first-order valence-corrected chi connectivity index (χ1v) is 12.6. The van der Waals surface area contributed by atoms with E-state index in [-0.39, 0.29) is 5.92 Å². The molecule has 33 heavy (non-hydrogen) atoms. The summed E-state index contributed by atoms with van der Waals surface area (Å²) >= 11 is 1.76. The summed E-state index contributed by atoms with van der Waals surface area (Å²) in [5.74, 6) is 1.23. The quantitative estimate of drug-likeness (QED) is 0.570. The van der Waals surface area contributed by atoms with Crippen molar-refractivity contribution < 1.29 is 9.53 Å². The van der Waals surface area contributed by atoms with Gasteiger partial charge in [-0.1, -0.05) is 17.4 Å². The Bertz CT molecular complexity index is 1140. The van der Waals surface area contributed by atoms with Crippen molar-refractivity contribution in [3.05, 3.63) is 47.5 Å². The number of hydrogen-bond donors (Lipinski definition) is 0. The first kappa shape index (κ1) is 22.0. The van der Waals surface area contributed by atoms with Gasteiger partial charge < -0.3 is 19.4 Å². The molecule has 0 saturated carbocycles. The Kier molecular flexibility index (Phi) is 6.15. The second-order valence-corrected chi connectivity index (χ2v) is 10.2. The van der Waals surface area contributed by atoms with E-state index in [0.29, 0.717) is 5.91 Å². The lowest BCUT2D eigenvalue weighted by Crippen LogP contribution is -2.52. The van der Waals surface area contributed by atoms with Gasteiger partial charge in [-0.05, 0) is 68.1 Å². The molecule has 7 heteroatoms. The van der Waals surface area contributed by atoms with Gasteiger partial charge in [-0.25, -0.2) is 4.98 Å². The number of carbonyl (C=O) groups is 1. The van der Waals surface area contributed by atoms with E-state index >= 15 is 0 Å². The van der Waals surface area contributed by atoms with E-state index in [1.807, 2.05) is 12.1 Å². The molecule has 6 nitrogen and oxygen atoms in total. The molecule has 0 unspecified atom stereocenters. The Labute approximate surface area is 199 Å². The van der Waals surface area contributed by atoms with Gasteiger partial charge in [-0.3, -0.25) is 4.79 Å². The van der Waals surface area contributed by atoms with Crippen molar-refractivity contribution >= 4 is 38.3 Å². The average molecular weight is 465 g/mol. The molecule has 0 N–H and O–H groups in total. The van der Waals surface area contributed by atoms with Crippen LogP contribution in [-0.4, -0.2) is 62.2 Å². The number of aryl methyl sites for hydroxylation is 2. The van der Waals surface area contributed by atoms with Crippen molar-refractivity contribution in [2.24, 2.45) is 5.92 Å². The van der Waals surface area contributed by atoms with Crippen molar-refractivity contribution in [1.82, 2.24) is 9.88 Å². The molecule has 0 bridgehead atoms. The zero-order chi connectivity index (χ0) is 22.9. The van der Waals surface area contributed by atoms with E-state index in [4.69, 9.17) is 9.72 Å². The number of thiazole rings is 1. The van der Waals surface area contributed by atoms with E-state index in [2.05, 4.69) is 52.8 Å². The third kappa shape index (κ3) is 4.51. The van der Waals surface area contributed by atoms with Crippen molar-refractivity contribution in [2.75, 3.05) is 56.2 Å². The Morgan fingerprint density at radius 3 is 2.52 bits per heavy atom. The SMILES string of the molecule is COc1ccc(N2CCN(C(=O)[C@@H]3CCCN(c4nc5c(C)cc(C)cc5s4)C3)CC2)cc1. The summed E-state index contributed by atoms with van der Waals surface area (Å²) in [5, 5.41) is 1.06. The largest absolute Gasteiger partial charge is 0.497 e. The summed E-state index contributed by atoms with van der Waals surface area (Å²) in [5.41, 5.74) is 4.79. The molecule has 2 saturated heterocycles. The minimum atomic E-state index is 0.0566. The number of piperidine rings is 1. The topological polar surface area (TPSA) is 48.9 Å². The average Bonchev–Trinajstić information content (AvgIpc) is 3.28. The van der Waals surface area contributed by atoms with Crippen molar-refractivity contribution in [2.45, 2.75) is 26.7 Å². The number of piperazine rings is 1. The maximum Gasteiger partial charge on any atom is 0.227 e. The molecule has 0 radical (unpaired) electrons. The van der Waals surface area contributed by atoms with Crippen LogP contribution in [-0.2, 0) is 4.79 Å². The Morgan fingerprint density at radius 2 is 1.79 bits per heavy atom. The smallest absolute Gasteiger partial charge is 0.227 e. The Hall–Kier alpha value is -2.80. The second-order valence-electron chi connectivity index (χ2n) is 9.22. The van der Waals surface area contributed by atoms with Crippen LogP contribution in [0.3, 0.4) is 0 Å². The van der Waals surface area contributed by atoms with Gasteiger partial charge in [-0.15, -0.1) is 0 Å². The Morgan fingerprint density at radius 1 is 1.03 bits per heavy atom. The summed E-state index contributed by atoms with van der Waals surface area (Å²) in [6.07, 6.45) is 2.01. The van der Waals surface area contributed by atoms with Crippen LogP contribution in [0.4, 0.5) is 10.8 Å². The molecule has 2 aromatic carbocycles. The zero-order valence-corrected chi connectivity index (χ0v) is 20.5. The van der Waals surface area contributed by atoms with Crippen molar-refractivity contribution in [3.8, 4) is 5.75 Å². The molecule has 3 aromatic rings. The lowest BCUT2D eigenvalue weighted by atomic mass is 9.96. The van der Waals surface area contributed by atoms with Crippen LogP contribution in [0.5, 0.6) is 5.75 Å². The number of aromatic nitrogens is 1. The maximum atomic E-state index is 13.4. The molecule has 1 atom stereocenters. The van der Waals surface area contributed by atoms with Crippen LogP contribution in [0, 0.1) is 19.8 Å². The number of hydrogen-bond acceptors (Lipinski definition) is 6. The predicted molar refractivity (Wildman–Crippen MR) is 136 cm³/mol. The summed E-state index contributed by atoms with van der Waals surface area (Å²) < 4.78 is 6.50. The van der Waals surface area contributed by atoms with E-state index in [0.717, 1.165) is 68.5 Å². The van der Waals surface area contributed by atoms with Crippen LogP contribution in [0.25, 0.3) is 10.2 Å². The molecule has 2 aliphatic rings. The van der Waals surface area contributed by atoms with E-state index < -0.39 is 0 Å². The van der Waals surface area contributed by atoms with Crippen LogP contribution >= 0.6 is 11.3 Å². The number of benzene rings is 2. The fourth-order valence-corrected chi connectivity index (χ4v) is 6.26. The molecule has 1 amide bonds. The molecule has 1 aromatic heterocycles. The zero-order valence-electron chi connectivity index (χ0n) is 19.7. The van der Waals surface area contributed by atoms with Gasteiger partial charge >= 0.3 is 0 Å². The number of rotatable bonds is 4. The fourth-order valence-electron chi connectivity index (χ4n) is 5.08. The highest BCUT2D eigenvalue weighted by Crippen LogP contribution is 2.34. The minimum absolute atomic E-state index is 0.0566. The van der Waals surface area contributed by atoms with E-state index in [1.165, 1.54) is 21.5 Å². The second kappa shape index (κ2) is 9.21. The normalized spacial score (nSPS) is 19.2. The van der Waals surface area contributed by atoms with Crippen LogP contribution < -0.4 is 14.5 Å². The third-order valence-corrected chi connectivity index (χ3v) is 7.95. The number of nitrogens with zero attached hydrogens (tertiary/aromatic N) is 4. The third-order valence-electron chi connectivity index (χ3n) is 6.89. The van der Waals surface area contributed by atoms with Gasteiger partial charge in [0, 0.05) is 45.0 Å². The number of carbonyl (C=O) groups excluding carboxylic acids is 1. The highest BCUT2D eigenvalue weighted by atomic mass is 32.1. The summed E-state index contributed by atoms with van der Waals surface area (Å²) in [6.45, 7) is 9.31. The molecule has 3 heterocycles. The van der Waals surface area contributed by atoms with Gasteiger partial charge in [0.1, 0.15) is 5.75 Å².